The fourth-order valence-corrected chi connectivity index (χ4v) is 1.07. The fourth-order valence-electron chi connectivity index (χ4n) is 1.07. The third-order valence-corrected chi connectivity index (χ3v) is 2.05. The van der Waals surface area contributed by atoms with Crippen LogP contribution in [0.2, 0.25) is 0 Å². The van der Waals surface area contributed by atoms with Crippen molar-refractivity contribution >= 4 is 12.0 Å². The number of aryl methyl sites for hydroxylation is 2. The minimum absolute atomic E-state index is 0.645. The van der Waals surface area contributed by atoms with Crippen LogP contribution in [0.15, 0.2) is 24.0 Å². The molecule has 0 atom stereocenters. The molecule has 0 saturated heterocycles. The van der Waals surface area contributed by atoms with Crippen molar-refractivity contribution in [2.24, 2.45) is 0 Å². The summed E-state index contributed by atoms with van der Waals surface area (Å²) in [6, 6.07) is 5.48. The van der Waals surface area contributed by atoms with Crippen molar-refractivity contribution < 1.29 is 15.0 Å². The number of hydrogen-bond acceptors (Lipinski definition) is 2. The van der Waals surface area contributed by atoms with Gasteiger partial charge in [0, 0.05) is 0 Å². The van der Waals surface area contributed by atoms with Crippen LogP contribution in [0.4, 0.5) is 0 Å². The second kappa shape index (κ2) is 3.96. The molecule has 0 aromatic heterocycles. The van der Waals surface area contributed by atoms with E-state index < -0.39 is 11.7 Å². The Morgan fingerprint density at radius 1 is 1.21 bits per heavy atom. The summed E-state index contributed by atoms with van der Waals surface area (Å²) in [5, 5.41) is 17.5. The highest BCUT2D eigenvalue weighted by Gasteiger charge is 2.03. The van der Waals surface area contributed by atoms with E-state index in [1.54, 1.807) is 6.07 Å². The molecule has 1 aromatic rings. The zero-order valence-electron chi connectivity index (χ0n) is 8.11. The van der Waals surface area contributed by atoms with Crippen LogP contribution in [0.3, 0.4) is 0 Å². The number of carboxylic acids is 1. The maximum absolute atomic E-state index is 10.3. The molecule has 0 aliphatic heterocycles. The van der Waals surface area contributed by atoms with E-state index in [9.17, 15) is 4.79 Å². The number of hydrogen-bond donors (Lipinski definition) is 2. The highest BCUT2D eigenvalue weighted by molar-refractivity contribution is 5.89. The summed E-state index contributed by atoms with van der Waals surface area (Å²) in [6.07, 6.45) is 1.23. The predicted molar refractivity (Wildman–Crippen MR) is 54.2 cm³/mol. The van der Waals surface area contributed by atoms with Gasteiger partial charge in [0.25, 0.3) is 0 Å². The number of aliphatic hydroxyl groups is 1. The Morgan fingerprint density at radius 2 is 1.86 bits per heavy atom. The van der Waals surface area contributed by atoms with Crippen molar-refractivity contribution in [3.8, 4) is 0 Å². The maximum Gasteiger partial charge on any atom is 0.370 e. The molecule has 2 N–H and O–H groups in total. The topological polar surface area (TPSA) is 57.5 Å². The number of carboxylic acid groups (broad SMARTS) is 1. The number of carbonyl (C=O) groups is 1. The molecule has 0 heterocycles. The van der Waals surface area contributed by atoms with Crippen LogP contribution in [0.25, 0.3) is 6.08 Å². The van der Waals surface area contributed by atoms with Gasteiger partial charge in [0.2, 0.25) is 5.76 Å². The Bertz CT molecular complexity index is 392. The average molecular weight is 192 g/mol. The first-order chi connectivity index (χ1) is 6.50. The van der Waals surface area contributed by atoms with Gasteiger partial charge in [-0.1, -0.05) is 18.2 Å². The van der Waals surface area contributed by atoms with Gasteiger partial charge in [-0.2, -0.15) is 0 Å². The Hall–Kier alpha value is -1.77. The van der Waals surface area contributed by atoms with Crippen LogP contribution < -0.4 is 0 Å². The molecule has 0 aliphatic rings. The van der Waals surface area contributed by atoms with E-state index in [4.69, 9.17) is 10.2 Å². The van der Waals surface area contributed by atoms with Crippen molar-refractivity contribution in [2.75, 3.05) is 0 Å². The fraction of sp³-hybridized carbons (Fsp3) is 0.182. The van der Waals surface area contributed by atoms with E-state index in [2.05, 4.69) is 0 Å². The first-order valence-corrected chi connectivity index (χ1v) is 4.22. The Labute approximate surface area is 82.3 Å². The van der Waals surface area contributed by atoms with Gasteiger partial charge in [0.1, 0.15) is 0 Å². The maximum atomic E-state index is 10.3. The van der Waals surface area contributed by atoms with E-state index in [1.807, 2.05) is 26.0 Å². The largest absolute Gasteiger partial charge is 0.502 e. The summed E-state index contributed by atoms with van der Waals surface area (Å²) in [6.45, 7) is 3.91. The minimum atomic E-state index is -1.32. The van der Waals surface area contributed by atoms with Gasteiger partial charge < -0.3 is 10.2 Å². The Balaban J connectivity index is 3.04. The molecule has 0 fully saturated rings. The van der Waals surface area contributed by atoms with Crippen LogP contribution in [-0.4, -0.2) is 16.2 Å². The van der Waals surface area contributed by atoms with E-state index in [0.29, 0.717) is 5.56 Å². The van der Waals surface area contributed by atoms with Crippen LogP contribution >= 0.6 is 0 Å². The average Bonchev–Trinajstić information content (AvgIpc) is 2.11. The van der Waals surface area contributed by atoms with Crippen molar-refractivity contribution in [2.45, 2.75) is 13.8 Å². The molecule has 0 bridgehead atoms. The molecule has 14 heavy (non-hydrogen) atoms. The van der Waals surface area contributed by atoms with Crippen LogP contribution in [-0.2, 0) is 4.79 Å². The highest BCUT2D eigenvalue weighted by Crippen LogP contribution is 2.12. The molecule has 0 radical (unpaired) electrons. The summed E-state index contributed by atoms with van der Waals surface area (Å²) in [4.78, 5) is 10.3. The van der Waals surface area contributed by atoms with Crippen molar-refractivity contribution in [3.05, 3.63) is 40.6 Å². The van der Waals surface area contributed by atoms with Gasteiger partial charge in [-0.15, -0.1) is 0 Å². The van der Waals surface area contributed by atoms with E-state index >= 15 is 0 Å². The zero-order valence-corrected chi connectivity index (χ0v) is 8.11. The molecular weight excluding hydrogens is 180 g/mol. The first kappa shape index (κ1) is 10.3. The summed E-state index contributed by atoms with van der Waals surface area (Å²) < 4.78 is 0. The van der Waals surface area contributed by atoms with Crippen molar-refractivity contribution in [1.82, 2.24) is 0 Å². The molecule has 0 aliphatic carbocycles. The Morgan fingerprint density at radius 3 is 2.36 bits per heavy atom. The molecule has 0 amide bonds. The van der Waals surface area contributed by atoms with Gasteiger partial charge in [0.15, 0.2) is 0 Å². The summed E-state index contributed by atoms with van der Waals surface area (Å²) in [7, 11) is 0. The molecule has 1 rings (SSSR count). The second-order valence-corrected chi connectivity index (χ2v) is 3.18. The monoisotopic (exact) mass is 192 g/mol. The lowest BCUT2D eigenvalue weighted by Crippen LogP contribution is -1.98. The van der Waals surface area contributed by atoms with Crippen LogP contribution in [0.5, 0.6) is 0 Å². The quantitative estimate of drug-likeness (QED) is 0.558. The molecule has 1 aromatic carbocycles. The third kappa shape index (κ3) is 2.36. The summed E-state index contributed by atoms with van der Waals surface area (Å²) in [5.41, 5.74) is 2.89. The van der Waals surface area contributed by atoms with E-state index in [0.717, 1.165) is 11.1 Å². The zero-order chi connectivity index (χ0) is 10.7. The lowest BCUT2D eigenvalue weighted by atomic mass is 10.1. The van der Waals surface area contributed by atoms with Gasteiger partial charge in [-0.25, -0.2) is 4.79 Å². The van der Waals surface area contributed by atoms with Crippen LogP contribution in [0.1, 0.15) is 16.7 Å². The van der Waals surface area contributed by atoms with Gasteiger partial charge in [-0.05, 0) is 36.6 Å². The number of rotatable bonds is 2. The molecule has 74 valence electrons. The molecule has 3 heteroatoms. The summed E-state index contributed by atoms with van der Waals surface area (Å²) >= 11 is 0. The Kier molecular flexibility index (Phi) is 2.92. The first-order valence-electron chi connectivity index (χ1n) is 4.22. The lowest BCUT2D eigenvalue weighted by Gasteiger charge is -2.00. The summed E-state index contributed by atoms with van der Waals surface area (Å²) in [5.74, 6) is -1.96. The van der Waals surface area contributed by atoms with Gasteiger partial charge >= 0.3 is 5.97 Å². The van der Waals surface area contributed by atoms with Crippen molar-refractivity contribution in [3.63, 3.8) is 0 Å². The van der Waals surface area contributed by atoms with Crippen LogP contribution in [0, 0.1) is 13.8 Å². The SMILES string of the molecule is Cc1ccc(C=C(O)C(=O)O)cc1C. The van der Waals surface area contributed by atoms with Crippen molar-refractivity contribution in [1.29, 1.82) is 0 Å². The van der Waals surface area contributed by atoms with E-state index in [-0.39, 0.29) is 0 Å². The minimum Gasteiger partial charge on any atom is -0.502 e. The molecule has 3 nitrogen and oxygen atoms in total. The van der Waals surface area contributed by atoms with Gasteiger partial charge in [0.05, 0.1) is 0 Å². The molecular formula is C11H12O3. The van der Waals surface area contributed by atoms with Gasteiger partial charge in [-0.3, -0.25) is 0 Å². The molecule has 0 unspecified atom stereocenters. The molecule has 0 spiro atoms. The third-order valence-electron chi connectivity index (χ3n) is 2.05. The lowest BCUT2D eigenvalue weighted by molar-refractivity contribution is -0.135. The highest BCUT2D eigenvalue weighted by atomic mass is 16.4. The predicted octanol–water partition coefficient (Wildman–Crippen LogP) is 2.29. The second-order valence-electron chi connectivity index (χ2n) is 3.18. The standard InChI is InChI=1S/C11H12O3/c1-7-3-4-9(5-8(7)2)6-10(12)11(13)14/h3-6,12H,1-2H3,(H,13,14). The normalized spacial score (nSPS) is 11.4. The number of benzene rings is 1. The van der Waals surface area contributed by atoms with E-state index in [1.165, 1.54) is 6.08 Å². The smallest absolute Gasteiger partial charge is 0.370 e. The number of aliphatic carboxylic acids is 1. The number of aliphatic hydroxyl groups excluding tert-OH is 1. The molecule has 0 saturated carbocycles.